The van der Waals surface area contributed by atoms with Gasteiger partial charge < -0.3 is 9.47 Å². The number of carbonyl (C=O) groups excluding carboxylic acids is 1. The first-order chi connectivity index (χ1) is 9.57. The number of hydrogen-bond acceptors (Lipinski definition) is 3. The van der Waals surface area contributed by atoms with E-state index in [2.05, 4.69) is 0 Å². The summed E-state index contributed by atoms with van der Waals surface area (Å²) in [4.78, 5) is 14.3. The normalized spacial score (nSPS) is 12.2. The second-order valence-electron chi connectivity index (χ2n) is 5.84. The van der Waals surface area contributed by atoms with Crippen molar-refractivity contribution >= 4 is 15.9 Å². The number of hydrogen-bond donors (Lipinski definition) is 1. The summed E-state index contributed by atoms with van der Waals surface area (Å²) in [6.07, 6.45) is 1.43. The Morgan fingerprint density at radius 1 is 1.33 bits per heavy atom. The summed E-state index contributed by atoms with van der Waals surface area (Å²) in [6, 6.07) is 1.33. The van der Waals surface area contributed by atoms with Crippen LogP contribution in [0.1, 0.15) is 51.1 Å². The zero-order chi connectivity index (χ0) is 16.4. The molecule has 0 aliphatic heterocycles. The van der Waals surface area contributed by atoms with Crippen LogP contribution in [-0.2, 0) is 10.0 Å². The van der Waals surface area contributed by atoms with Crippen LogP contribution in [0, 0.1) is 5.92 Å². The summed E-state index contributed by atoms with van der Waals surface area (Å²) in [6.45, 7) is 11.0. The van der Waals surface area contributed by atoms with Gasteiger partial charge in [-0.3, -0.25) is 4.79 Å². The minimum atomic E-state index is -3.82. The van der Waals surface area contributed by atoms with Gasteiger partial charge in [0.1, 0.15) is 10.6 Å². The topological polar surface area (TPSA) is 85.4 Å². The summed E-state index contributed by atoms with van der Waals surface area (Å²) in [5.41, 5.74) is 0.358. The van der Waals surface area contributed by atoms with Gasteiger partial charge in [0.15, 0.2) is 0 Å². The van der Waals surface area contributed by atoms with Crippen LogP contribution < -0.4 is 5.14 Å². The van der Waals surface area contributed by atoms with Gasteiger partial charge in [0.25, 0.3) is 5.91 Å². The quantitative estimate of drug-likeness (QED) is 0.869. The molecule has 1 amide bonds. The molecule has 2 N–H and O–H groups in total. The predicted molar refractivity (Wildman–Crippen MR) is 82.6 cm³/mol. The van der Waals surface area contributed by atoms with Crippen molar-refractivity contribution in [2.75, 3.05) is 13.1 Å². The van der Waals surface area contributed by atoms with Crippen molar-refractivity contribution in [3.63, 3.8) is 0 Å². The van der Waals surface area contributed by atoms with E-state index >= 15 is 0 Å². The summed E-state index contributed by atoms with van der Waals surface area (Å²) in [7, 11) is -3.82. The van der Waals surface area contributed by atoms with Crippen molar-refractivity contribution in [1.82, 2.24) is 9.47 Å². The minimum absolute atomic E-state index is 0.0276. The molecule has 1 heterocycles. The molecule has 0 aliphatic rings. The third-order valence-electron chi connectivity index (χ3n) is 3.18. The van der Waals surface area contributed by atoms with Crippen LogP contribution in [0.4, 0.5) is 0 Å². The van der Waals surface area contributed by atoms with Gasteiger partial charge in [-0.05, 0) is 32.8 Å². The maximum Gasteiger partial charge on any atom is 0.270 e. The monoisotopic (exact) mass is 315 g/mol. The van der Waals surface area contributed by atoms with Gasteiger partial charge in [-0.2, -0.15) is 0 Å². The van der Waals surface area contributed by atoms with Gasteiger partial charge in [0.05, 0.1) is 0 Å². The maximum absolute atomic E-state index is 12.6. The van der Waals surface area contributed by atoms with Crippen LogP contribution in [0.3, 0.4) is 0 Å². The van der Waals surface area contributed by atoms with Crippen molar-refractivity contribution in [3.05, 3.63) is 18.0 Å². The van der Waals surface area contributed by atoms with Gasteiger partial charge in [-0.1, -0.05) is 13.8 Å². The molecule has 120 valence electrons. The summed E-state index contributed by atoms with van der Waals surface area (Å²) in [5, 5.41) is 5.16. The SMILES string of the molecule is CCN(CC(C)C)C(=O)c1cc(S(N)(=O)=O)cn1C(C)C. The van der Waals surface area contributed by atoms with E-state index in [9.17, 15) is 13.2 Å². The van der Waals surface area contributed by atoms with Crippen LogP contribution in [0.5, 0.6) is 0 Å². The fraction of sp³-hybridized carbons (Fsp3) is 0.643. The first-order valence-electron chi connectivity index (χ1n) is 7.11. The number of primary sulfonamides is 1. The summed E-state index contributed by atoms with van der Waals surface area (Å²) in [5.74, 6) is 0.170. The Morgan fingerprint density at radius 3 is 2.29 bits per heavy atom. The van der Waals surface area contributed by atoms with Gasteiger partial charge >= 0.3 is 0 Å². The number of rotatable bonds is 6. The number of nitrogens with two attached hydrogens (primary N) is 1. The molecule has 0 aromatic carbocycles. The maximum atomic E-state index is 12.6. The van der Waals surface area contributed by atoms with Crippen molar-refractivity contribution < 1.29 is 13.2 Å². The smallest absolute Gasteiger partial charge is 0.270 e. The lowest BCUT2D eigenvalue weighted by molar-refractivity contribution is 0.0733. The molecule has 6 nitrogen and oxygen atoms in total. The molecule has 0 fully saturated rings. The molecule has 0 radical (unpaired) electrons. The Hall–Kier alpha value is -1.34. The van der Waals surface area contributed by atoms with Crippen molar-refractivity contribution in [3.8, 4) is 0 Å². The molecule has 1 aromatic rings. The zero-order valence-corrected chi connectivity index (χ0v) is 14.1. The van der Waals surface area contributed by atoms with E-state index in [0.29, 0.717) is 24.7 Å². The molecule has 1 rings (SSSR count). The zero-order valence-electron chi connectivity index (χ0n) is 13.3. The molecule has 0 bridgehead atoms. The van der Waals surface area contributed by atoms with Crippen LogP contribution >= 0.6 is 0 Å². The van der Waals surface area contributed by atoms with Crippen molar-refractivity contribution in [1.29, 1.82) is 0 Å². The van der Waals surface area contributed by atoms with E-state index in [1.54, 1.807) is 9.47 Å². The van der Waals surface area contributed by atoms with E-state index in [4.69, 9.17) is 5.14 Å². The van der Waals surface area contributed by atoms with Crippen LogP contribution in [-0.4, -0.2) is 36.9 Å². The fourth-order valence-electron chi connectivity index (χ4n) is 2.17. The van der Waals surface area contributed by atoms with Crippen LogP contribution in [0.25, 0.3) is 0 Å². The first kappa shape index (κ1) is 17.7. The molecular formula is C14H25N3O3S. The molecule has 0 aliphatic carbocycles. The van der Waals surface area contributed by atoms with E-state index < -0.39 is 10.0 Å². The Balaban J connectivity index is 3.27. The minimum Gasteiger partial charge on any atom is -0.340 e. The lowest BCUT2D eigenvalue weighted by Crippen LogP contribution is -2.35. The molecular weight excluding hydrogens is 290 g/mol. The molecule has 0 unspecified atom stereocenters. The predicted octanol–water partition coefficient (Wildman–Crippen LogP) is 1.83. The largest absolute Gasteiger partial charge is 0.340 e. The lowest BCUT2D eigenvalue weighted by atomic mass is 10.2. The second-order valence-corrected chi connectivity index (χ2v) is 7.41. The summed E-state index contributed by atoms with van der Waals surface area (Å²) >= 11 is 0. The highest BCUT2D eigenvalue weighted by Gasteiger charge is 2.23. The van der Waals surface area contributed by atoms with E-state index in [1.165, 1.54) is 12.3 Å². The number of carbonyl (C=O) groups is 1. The molecule has 1 aromatic heterocycles. The average Bonchev–Trinajstić information content (AvgIpc) is 2.79. The Morgan fingerprint density at radius 2 is 1.90 bits per heavy atom. The molecule has 21 heavy (non-hydrogen) atoms. The molecule has 0 atom stereocenters. The fourth-order valence-corrected chi connectivity index (χ4v) is 2.70. The van der Waals surface area contributed by atoms with Crippen LogP contribution in [0.2, 0.25) is 0 Å². The molecule has 0 saturated heterocycles. The van der Waals surface area contributed by atoms with E-state index in [1.807, 2.05) is 34.6 Å². The molecule has 0 saturated carbocycles. The standard InChI is InChI=1S/C14H25N3O3S/c1-6-16(8-10(2)3)14(18)13-7-12(21(15,19)20)9-17(13)11(4)5/h7,9-11H,6,8H2,1-5H3,(H2,15,19,20). The van der Waals surface area contributed by atoms with E-state index in [0.717, 1.165) is 0 Å². The van der Waals surface area contributed by atoms with E-state index in [-0.39, 0.29) is 16.8 Å². The third kappa shape index (κ3) is 4.31. The molecule has 0 spiro atoms. The Labute approximate surface area is 127 Å². The van der Waals surface area contributed by atoms with Crippen molar-refractivity contribution in [2.24, 2.45) is 11.1 Å². The van der Waals surface area contributed by atoms with Crippen molar-refractivity contribution in [2.45, 2.75) is 45.6 Å². The van der Waals surface area contributed by atoms with Gasteiger partial charge in [-0.15, -0.1) is 0 Å². The lowest BCUT2D eigenvalue weighted by Gasteiger charge is -2.24. The van der Waals surface area contributed by atoms with Gasteiger partial charge in [0, 0.05) is 25.3 Å². The van der Waals surface area contributed by atoms with Gasteiger partial charge in [0.2, 0.25) is 10.0 Å². The number of sulfonamides is 1. The van der Waals surface area contributed by atoms with Crippen LogP contribution in [0.15, 0.2) is 17.2 Å². The average molecular weight is 315 g/mol. The number of aromatic nitrogens is 1. The molecule has 7 heteroatoms. The highest BCUT2D eigenvalue weighted by molar-refractivity contribution is 7.89. The summed E-state index contributed by atoms with van der Waals surface area (Å²) < 4.78 is 24.7. The Kier molecular flexibility index (Phi) is 5.58. The Bertz CT molecular complexity index is 603. The van der Waals surface area contributed by atoms with Gasteiger partial charge in [-0.25, -0.2) is 13.6 Å². The number of amides is 1. The first-order valence-corrected chi connectivity index (χ1v) is 8.66. The number of nitrogens with zero attached hydrogens (tertiary/aromatic N) is 2. The highest BCUT2D eigenvalue weighted by atomic mass is 32.2. The third-order valence-corrected chi connectivity index (χ3v) is 4.06. The highest BCUT2D eigenvalue weighted by Crippen LogP contribution is 2.20. The second kappa shape index (κ2) is 6.62.